The van der Waals surface area contributed by atoms with E-state index >= 15 is 0 Å². The summed E-state index contributed by atoms with van der Waals surface area (Å²) < 4.78 is 0. The van der Waals surface area contributed by atoms with Crippen LogP contribution >= 0.6 is 11.6 Å². The predicted molar refractivity (Wildman–Crippen MR) is 84.4 cm³/mol. The lowest BCUT2D eigenvalue weighted by atomic mass is 10.1. The number of hydrogen-bond donors (Lipinski definition) is 1. The summed E-state index contributed by atoms with van der Waals surface area (Å²) in [6.45, 7) is 4.63. The first-order valence-electron chi connectivity index (χ1n) is 7.95. The second-order valence-electron chi connectivity index (χ2n) is 6.23. The highest BCUT2D eigenvalue weighted by atomic mass is 35.5. The first-order chi connectivity index (χ1) is 10.3. The Morgan fingerprint density at radius 3 is 2.62 bits per heavy atom. The molecule has 2 fully saturated rings. The van der Waals surface area contributed by atoms with E-state index < -0.39 is 0 Å². The van der Waals surface area contributed by atoms with Gasteiger partial charge in [0.25, 0.3) is 0 Å². The van der Waals surface area contributed by atoms with E-state index in [-0.39, 0.29) is 0 Å². The summed E-state index contributed by atoms with van der Waals surface area (Å²) in [6, 6.07) is 4.92. The fourth-order valence-electron chi connectivity index (χ4n) is 3.66. The minimum atomic E-state index is 0.299. The first-order valence-corrected chi connectivity index (χ1v) is 8.33. The molecular formula is C16H24ClN3O. The highest BCUT2D eigenvalue weighted by Crippen LogP contribution is 2.24. The van der Waals surface area contributed by atoms with Gasteiger partial charge in [0.05, 0.1) is 6.61 Å². The molecule has 2 aliphatic heterocycles. The van der Waals surface area contributed by atoms with Crippen LogP contribution in [0.15, 0.2) is 18.3 Å². The Morgan fingerprint density at radius 1 is 1.14 bits per heavy atom. The van der Waals surface area contributed by atoms with E-state index in [2.05, 4.69) is 20.9 Å². The highest BCUT2D eigenvalue weighted by Gasteiger charge is 2.31. The Labute approximate surface area is 131 Å². The predicted octanol–water partition coefficient (Wildman–Crippen LogP) is 2.16. The zero-order chi connectivity index (χ0) is 14.7. The van der Waals surface area contributed by atoms with Gasteiger partial charge in [0.15, 0.2) is 0 Å². The van der Waals surface area contributed by atoms with Gasteiger partial charge in [-0.05, 0) is 50.4 Å². The summed E-state index contributed by atoms with van der Waals surface area (Å²) in [5, 5.41) is 10.0. The van der Waals surface area contributed by atoms with Gasteiger partial charge in [-0.15, -0.1) is 0 Å². The van der Waals surface area contributed by atoms with Crippen LogP contribution in [0.3, 0.4) is 0 Å². The lowest BCUT2D eigenvalue weighted by molar-refractivity contribution is 0.120. The van der Waals surface area contributed by atoms with Crippen molar-refractivity contribution < 1.29 is 5.11 Å². The van der Waals surface area contributed by atoms with E-state index in [1.807, 2.05) is 12.3 Å². The van der Waals surface area contributed by atoms with Crippen molar-refractivity contribution in [2.75, 3.05) is 26.2 Å². The number of nitrogens with zero attached hydrogens (tertiary/aromatic N) is 3. The average Bonchev–Trinajstić information content (AvgIpc) is 3.11. The van der Waals surface area contributed by atoms with Crippen molar-refractivity contribution in [2.45, 2.75) is 44.3 Å². The van der Waals surface area contributed by atoms with Crippen LogP contribution in [0.2, 0.25) is 5.15 Å². The van der Waals surface area contributed by atoms with E-state index in [4.69, 9.17) is 11.6 Å². The van der Waals surface area contributed by atoms with Crippen LogP contribution in [-0.2, 0) is 6.54 Å². The molecule has 0 saturated carbocycles. The maximum atomic E-state index is 9.46. The second-order valence-corrected chi connectivity index (χ2v) is 6.62. The third-order valence-electron chi connectivity index (χ3n) is 4.83. The molecule has 2 saturated heterocycles. The van der Waals surface area contributed by atoms with Gasteiger partial charge >= 0.3 is 0 Å². The van der Waals surface area contributed by atoms with Gasteiger partial charge in [0.1, 0.15) is 5.15 Å². The van der Waals surface area contributed by atoms with E-state index in [1.165, 1.54) is 24.8 Å². The number of hydrogen-bond acceptors (Lipinski definition) is 4. The summed E-state index contributed by atoms with van der Waals surface area (Å²) in [4.78, 5) is 9.20. The van der Waals surface area contributed by atoms with Crippen LogP contribution in [0.4, 0.5) is 0 Å². The average molecular weight is 310 g/mol. The minimum Gasteiger partial charge on any atom is -0.395 e. The largest absolute Gasteiger partial charge is 0.395 e. The van der Waals surface area contributed by atoms with E-state index in [9.17, 15) is 5.11 Å². The fraction of sp³-hybridized carbons (Fsp3) is 0.688. The smallest absolute Gasteiger partial charge is 0.129 e. The number of likely N-dealkylation sites (tertiary alicyclic amines) is 2. The third-order valence-corrected chi connectivity index (χ3v) is 5.05. The van der Waals surface area contributed by atoms with Crippen molar-refractivity contribution >= 4 is 11.6 Å². The Balaban J connectivity index is 1.58. The summed E-state index contributed by atoms with van der Waals surface area (Å²) in [7, 11) is 0. The van der Waals surface area contributed by atoms with Crippen LogP contribution in [0.25, 0.3) is 0 Å². The van der Waals surface area contributed by atoms with Crippen LogP contribution in [0, 0.1) is 0 Å². The molecule has 3 heterocycles. The fourth-order valence-corrected chi connectivity index (χ4v) is 3.77. The molecule has 2 unspecified atom stereocenters. The zero-order valence-corrected chi connectivity index (χ0v) is 13.2. The second kappa shape index (κ2) is 7.05. The molecule has 0 aliphatic carbocycles. The summed E-state index contributed by atoms with van der Waals surface area (Å²) in [6.07, 6.45) is 6.77. The maximum absolute atomic E-state index is 9.46. The Hall–Kier alpha value is -0.680. The molecule has 21 heavy (non-hydrogen) atoms. The lowest BCUT2D eigenvalue weighted by Gasteiger charge is -2.31. The van der Waals surface area contributed by atoms with Gasteiger partial charge in [-0.25, -0.2) is 4.98 Å². The van der Waals surface area contributed by atoms with Crippen molar-refractivity contribution in [2.24, 2.45) is 0 Å². The van der Waals surface area contributed by atoms with Crippen molar-refractivity contribution in [1.82, 2.24) is 14.8 Å². The van der Waals surface area contributed by atoms with E-state index in [1.54, 1.807) is 0 Å². The molecule has 0 radical (unpaired) electrons. The molecule has 2 atom stereocenters. The number of halogens is 1. The van der Waals surface area contributed by atoms with Gasteiger partial charge < -0.3 is 5.11 Å². The van der Waals surface area contributed by atoms with Crippen LogP contribution in [0.5, 0.6) is 0 Å². The molecule has 0 amide bonds. The Morgan fingerprint density at radius 2 is 1.90 bits per heavy atom. The number of pyridine rings is 1. The van der Waals surface area contributed by atoms with E-state index in [0.717, 1.165) is 32.6 Å². The standard InChI is InChI=1S/C16H24ClN3O/c17-16-6-5-13(9-18-16)10-19-7-1-3-14(19)11-20-8-2-4-15(20)12-21/h5-6,9,14-15,21H,1-4,7-8,10-12H2. The topological polar surface area (TPSA) is 39.6 Å². The zero-order valence-electron chi connectivity index (χ0n) is 12.4. The number of rotatable bonds is 5. The van der Waals surface area contributed by atoms with Crippen molar-refractivity contribution in [3.63, 3.8) is 0 Å². The molecule has 4 nitrogen and oxygen atoms in total. The molecule has 0 spiro atoms. The summed E-state index contributed by atoms with van der Waals surface area (Å²) in [5.74, 6) is 0. The minimum absolute atomic E-state index is 0.299. The normalized spacial score (nSPS) is 27.5. The number of aliphatic hydroxyl groups is 1. The van der Waals surface area contributed by atoms with Crippen LogP contribution < -0.4 is 0 Å². The molecular weight excluding hydrogens is 286 g/mol. The van der Waals surface area contributed by atoms with E-state index in [0.29, 0.717) is 23.8 Å². The van der Waals surface area contributed by atoms with Gasteiger partial charge in [0.2, 0.25) is 0 Å². The van der Waals surface area contributed by atoms with Crippen molar-refractivity contribution in [3.8, 4) is 0 Å². The molecule has 3 rings (SSSR count). The SMILES string of the molecule is OCC1CCCN1CC1CCCN1Cc1ccc(Cl)nc1. The summed E-state index contributed by atoms with van der Waals surface area (Å²) in [5.41, 5.74) is 1.23. The quantitative estimate of drug-likeness (QED) is 0.846. The number of aliphatic hydroxyl groups excluding tert-OH is 1. The molecule has 0 bridgehead atoms. The van der Waals surface area contributed by atoms with Crippen LogP contribution in [0.1, 0.15) is 31.2 Å². The summed E-state index contributed by atoms with van der Waals surface area (Å²) >= 11 is 5.85. The molecule has 1 aromatic rings. The Kier molecular flexibility index (Phi) is 5.11. The highest BCUT2D eigenvalue weighted by molar-refractivity contribution is 6.29. The molecule has 2 aliphatic rings. The Bertz CT molecular complexity index is 453. The monoisotopic (exact) mass is 309 g/mol. The van der Waals surface area contributed by atoms with Crippen LogP contribution in [-0.4, -0.2) is 58.2 Å². The molecule has 0 aromatic carbocycles. The van der Waals surface area contributed by atoms with Gasteiger partial charge in [0, 0.05) is 31.4 Å². The lowest BCUT2D eigenvalue weighted by Crippen LogP contribution is -2.43. The first kappa shape index (κ1) is 15.2. The number of aromatic nitrogens is 1. The van der Waals surface area contributed by atoms with Crippen molar-refractivity contribution in [3.05, 3.63) is 29.0 Å². The molecule has 1 aromatic heterocycles. The maximum Gasteiger partial charge on any atom is 0.129 e. The third kappa shape index (κ3) is 3.75. The van der Waals surface area contributed by atoms with Crippen molar-refractivity contribution in [1.29, 1.82) is 0 Å². The molecule has 5 heteroatoms. The van der Waals surface area contributed by atoms with Gasteiger partial charge in [-0.1, -0.05) is 17.7 Å². The van der Waals surface area contributed by atoms with Gasteiger partial charge in [-0.2, -0.15) is 0 Å². The molecule has 116 valence electrons. The van der Waals surface area contributed by atoms with Gasteiger partial charge in [-0.3, -0.25) is 9.80 Å². The molecule has 1 N–H and O–H groups in total.